The molecule has 3 aromatic rings. The second-order valence-corrected chi connectivity index (χ2v) is 7.45. The van der Waals surface area contributed by atoms with Crippen LogP contribution in [0.4, 0.5) is 0 Å². The Morgan fingerprint density at radius 3 is 2.36 bits per heavy atom. The van der Waals surface area contributed by atoms with E-state index in [9.17, 15) is 40.5 Å². The molecule has 0 radical (unpaired) electrons. The number of ether oxygens (including phenoxy) is 2. The minimum atomic E-state index is -1.75. The van der Waals surface area contributed by atoms with E-state index in [1.165, 1.54) is 6.07 Å². The van der Waals surface area contributed by atoms with Gasteiger partial charge in [0.2, 0.25) is 17.5 Å². The van der Waals surface area contributed by atoms with E-state index in [1.807, 2.05) is 0 Å². The van der Waals surface area contributed by atoms with Crippen LogP contribution in [-0.4, -0.2) is 78.2 Å². The molecule has 1 aliphatic heterocycles. The molecule has 1 saturated heterocycles. The van der Waals surface area contributed by atoms with Gasteiger partial charge in [-0.3, -0.25) is 4.79 Å². The molecule has 1 aliphatic rings. The minimum Gasteiger partial charge on any atom is -0.508 e. The first-order valence-electron chi connectivity index (χ1n) is 9.64. The van der Waals surface area contributed by atoms with Crippen LogP contribution in [0.3, 0.4) is 0 Å². The highest BCUT2D eigenvalue weighted by Gasteiger charge is 2.47. The third kappa shape index (κ3) is 3.90. The number of aliphatic hydroxyl groups excluding tert-OH is 4. The van der Waals surface area contributed by atoms with Gasteiger partial charge in [0.15, 0.2) is 17.3 Å². The first kappa shape index (κ1) is 22.6. The zero-order valence-electron chi connectivity index (χ0n) is 16.7. The van der Waals surface area contributed by atoms with Crippen molar-refractivity contribution < 1.29 is 54.7 Å². The van der Waals surface area contributed by atoms with Gasteiger partial charge in [-0.05, 0) is 18.2 Å². The zero-order valence-corrected chi connectivity index (χ0v) is 16.7. The quantitative estimate of drug-likeness (QED) is 0.224. The summed E-state index contributed by atoms with van der Waals surface area (Å²) in [5, 5.41) is 78.3. The summed E-state index contributed by atoms with van der Waals surface area (Å²) in [6, 6.07) is 5.38. The topological polar surface area (TPSA) is 211 Å². The van der Waals surface area contributed by atoms with Crippen LogP contribution in [0.2, 0.25) is 0 Å². The van der Waals surface area contributed by atoms with E-state index in [0.717, 1.165) is 24.3 Å². The molecule has 12 heteroatoms. The zero-order chi connectivity index (χ0) is 24.0. The highest BCUT2D eigenvalue weighted by Crippen LogP contribution is 2.39. The minimum absolute atomic E-state index is 0.0297. The van der Waals surface area contributed by atoms with E-state index in [1.54, 1.807) is 0 Å². The summed E-state index contributed by atoms with van der Waals surface area (Å²) in [4.78, 5) is 13.2. The number of phenolic OH excluding ortho intramolecular Hbond substituents is 4. The predicted molar refractivity (Wildman–Crippen MR) is 109 cm³/mol. The maximum absolute atomic E-state index is 13.2. The molecule has 0 saturated carbocycles. The van der Waals surface area contributed by atoms with Gasteiger partial charge in [0.1, 0.15) is 46.9 Å². The average molecular weight is 464 g/mol. The maximum Gasteiger partial charge on any atom is 0.239 e. The van der Waals surface area contributed by atoms with Crippen LogP contribution in [-0.2, 0) is 4.74 Å². The number of hydrogen-bond acceptors (Lipinski definition) is 12. The summed E-state index contributed by atoms with van der Waals surface area (Å²) in [6.45, 7) is -0.783. The summed E-state index contributed by atoms with van der Waals surface area (Å²) < 4.78 is 16.5. The monoisotopic (exact) mass is 464 g/mol. The molecule has 2 aromatic carbocycles. The van der Waals surface area contributed by atoms with Crippen molar-refractivity contribution in [3.63, 3.8) is 0 Å². The van der Waals surface area contributed by atoms with Gasteiger partial charge < -0.3 is 54.7 Å². The molecule has 0 spiro atoms. The Kier molecular flexibility index (Phi) is 5.78. The Morgan fingerprint density at radius 1 is 0.970 bits per heavy atom. The Labute approximate surface area is 184 Å². The van der Waals surface area contributed by atoms with Gasteiger partial charge in [-0.15, -0.1) is 0 Å². The van der Waals surface area contributed by atoms with Crippen LogP contribution in [0.5, 0.6) is 28.7 Å². The fraction of sp³-hybridized carbons (Fsp3) is 0.286. The molecule has 4 rings (SSSR count). The molecule has 1 aromatic heterocycles. The third-order valence-electron chi connectivity index (χ3n) is 5.21. The molecule has 5 atom stereocenters. The van der Waals surface area contributed by atoms with Crippen molar-refractivity contribution in [2.75, 3.05) is 6.61 Å². The summed E-state index contributed by atoms with van der Waals surface area (Å²) in [5.74, 6) is -3.00. The van der Waals surface area contributed by atoms with E-state index in [4.69, 9.17) is 19.0 Å². The number of phenols is 4. The highest BCUT2D eigenvalue weighted by molar-refractivity contribution is 5.88. The van der Waals surface area contributed by atoms with Crippen molar-refractivity contribution in [1.82, 2.24) is 0 Å². The number of rotatable bonds is 5. The molecular formula is C21H20O12. The fourth-order valence-corrected chi connectivity index (χ4v) is 3.54. The van der Waals surface area contributed by atoms with Gasteiger partial charge >= 0.3 is 0 Å². The molecule has 2 heterocycles. The van der Waals surface area contributed by atoms with Gasteiger partial charge in [0.25, 0.3) is 0 Å². The van der Waals surface area contributed by atoms with E-state index in [2.05, 4.69) is 0 Å². The molecule has 8 N–H and O–H groups in total. The van der Waals surface area contributed by atoms with E-state index < -0.39 is 71.5 Å². The lowest BCUT2D eigenvalue weighted by molar-refractivity contribution is -0.137. The lowest BCUT2D eigenvalue weighted by Crippen LogP contribution is -2.40. The molecular weight excluding hydrogens is 444 g/mol. The Balaban J connectivity index is 1.88. The standard InChI is InChI=1S/C21H20O12/c22-6-12(27)19-16(29)17(30)21(32-19)33-20-15(28)14-11(26)4-8(23)5-13(14)31-18(20)7-1-2-9(24)10(25)3-7/h1-5,12,16-17,19,21-27,29-30H,6H2/t12-,16+,17+,19+,21-/m0/s1. The van der Waals surface area contributed by atoms with Crippen LogP contribution in [0, 0.1) is 0 Å². The average Bonchev–Trinajstić information content (AvgIpc) is 3.04. The van der Waals surface area contributed by atoms with Crippen molar-refractivity contribution in [1.29, 1.82) is 0 Å². The van der Waals surface area contributed by atoms with Gasteiger partial charge in [-0.1, -0.05) is 0 Å². The molecule has 33 heavy (non-hydrogen) atoms. The number of benzene rings is 2. The van der Waals surface area contributed by atoms with E-state index in [-0.39, 0.29) is 22.3 Å². The summed E-state index contributed by atoms with van der Waals surface area (Å²) in [6.07, 6.45) is -8.11. The first-order valence-corrected chi connectivity index (χ1v) is 9.64. The molecule has 0 amide bonds. The fourth-order valence-electron chi connectivity index (χ4n) is 3.54. The normalized spacial score (nSPS) is 23.6. The Hall–Kier alpha value is -3.55. The summed E-state index contributed by atoms with van der Waals surface area (Å²) in [7, 11) is 0. The lowest BCUT2D eigenvalue weighted by Gasteiger charge is -2.19. The van der Waals surface area contributed by atoms with Gasteiger partial charge in [0, 0.05) is 17.7 Å². The summed E-state index contributed by atoms with van der Waals surface area (Å²) >= 11 is 0. The predicted octanol–water partition coefficient (Wildman–Crippen LogP) is -0.539. The van der Waals surface area contributed by atoms with Gasteiger partial charge in [0.05, 0.1) is 6.61 Å². The largest absolute Gasteiger partial charge is 0.508 e. The highest BCUT2D eigenvalue weighted by atomic mass is 16.7. The van der Waals surface area contributed by atoms with Crippen LogP contribution >= 0.6 is 0 Å². The lowest BCUT2D eigenvalue weighted by atomic mass is 10.1. The van der Waals surface area contributed by atoms with Crippen molar-refractivity contribution in [2.24, 2.45) is 0 Å². The van der Waals surface area contributed by atoms with Crippen molar-refractivity contribution in [3.8, 4) is 40.1 Å². The number of aliphatic hydroxyl groups is 4. The first-order chi connectivity index (χ1) is 15.6. The van der Waals surface area contributed by atoms with Crippen molar-refractivity contribution >= 4 is 11.0 Å². The molecule has 0 bridgehead atoms. The van der Waals surface area contributed by atoms with E-state index in [0.29, 0.717) is 0 Å². The SMILES string of the molecule is O=c1c(O[C@@H]2O[C@H]([C@@H](O)CO)[C@H](O)[C@H]2O)c(-c2ccc(O)c(O)c2)oc2cc(O)cc(O)c12. The van der Waals surface area contributed by atoms with Crippen LogP contribution in [0.25, 0.3) is 22.3 Å². The molecule has 12 nitrogen and oxygen atoms in total. The summed E-state index contributed by atoms with van der Waals surface area (Å²) in [5.41, 5.74) is -1.16. The maximum atomic E-state index is 13.2. The second kappa shape index (κ2) is 8.42. The smallest absolute Gasteiger partial charge is 0.239 e. The Bertz CT molecular complexity index is 1250. The molecule has 1 fully saturated rings. The van der Waals surface area contributed by atoms with Gasteiger partial charge in [-0.25, -0.2) is 0 Å². The van der Waals surface area contributed by atoms with Crippen molar-refractivity contribution in [3.05, 3.63) is 40.6 Å². The molecule has 0 aliphatic carbocycles. The second-order valence-electron chi connectivity index (χ2n) is 7.45. The van der Waals surface area contributed by atoms with Gasteiger partial charge in [-0.2, -0.15) is 0 Å². The molecule has 0 unspecified atom stereocenters. The number of fused-ring (bicyclic) bond motifs is 1. The molecule has 176 valence electrons. The van der Waals surface area contributed by atoms with Crippen LogP contribution in [0.15, 0.2) is 39.5 Å². The van der Waals surface area contributed by atoms with E-state index >= 15 is 0 Å². The van der Waals surface area contributed by atoms with Crippen LogP contribution in [0.1, 0.15) is 0 Å². The van der Waals surface area contributed by atoms with Crippen molar-refractivity contribution in [2.45, 2.75) is 30.7 Å². The number of hydrogen-bond donors (Lipinski definition) is 8. The third-order valence-corrected chi connectivity index (χ3v) is 5.21. The Morgan fingerprint density at radius 2 is 1.70 bits per heavy atom. The number of aromatic hydroxyl groups is 4. The van der Waals surface area contributed by atoms with Crippen LogP contribution < -0.4 is 10.2 Å².